The molecule has 0 N–H and O–H groups in total. The summed E-state index contributed by atoms with van der Waals surface area (Å²) in [6.45, 7) is 7.32. The summed E-state index contributed by atoms with van der Waals surface area (Å²) in [7, 11) is 0. The van der Waals surface area contributed by atoms with Crippen molar-refractivity contribution in [2.45, 2.75) is 51.5 Å². The first kappa shape index (κ1) is 21.0. The lowest BCUT2D eigenvalue weighted by molar-refractivity contribution is 0.196. The number of likely N-dealkylation sites (tertiary alicyclic amines) is 1. The second kappa shape index (κ2) is 9.74. The molecule has 0 radical (unpaired) electrons. The highest BCUT2D eigenvalue weighted by molar-refractivity contribution is 5.51. The van der Waals surface area contributed by atoms with Gasteiger partial charge in [-0.2, -0.15) is 0 Å². The van der Waals surface area contributed by atoms with Crippen LogP contribution in [0.3, 0.4) is 0 Å². The van der Waals surface area contributed by atoms with E-state index in [1.807, 2.05) is 24.7 Å². The number of rotatable bonds is 6. The number of hydrogen-bond acceptors (Lipinski definition) is 6. The van der Waals surface area contributed by atoms with Crippen molar-refractivity contribution < 1.29 is 0 Å². The van der Waals surface area contributed by atoms with E-state index < -0.39 is 0 Å². The Kier molecular flexibility index (Phi) is 6.39. The van der Waals surface area contributed by atoms with Gasteiger partial charge in [-0.15, -0.1) is 0 Å². The first-order valence-electron chi connectivity index (χ1n) is 11.9. The third kappa shape index (κ3) is 4.80. The molecule has 0 amide bonds. The van der Waals surface area contributed by atoms with Crippen LogP contribution in [-0.2, 0) is 19.4 Å². The molecule has 3 aromatic rings. The summed E-state index contributed by atoms with van der Waals surface area (Å²) in [5.74, 6) is 2.60. The summed E-state index contributed by atoms with van der Waals surface area (Å²) < 4.78 is 0. The lowest BCUT2D eigenvalue weighted by Gasteiger charge is -2.34. The normalized spacial score (nSPS) is 19.0. The Morgan fingerprint density at radius 3 is 2.75 bits per heavy atom. The Morgan fingerprint density at radius 1 is 1.00 bits per heavy atom. The average Bonchev–Trinajstić information content (AvgIpc) is 2.84. The van der Waals surface area contributed by atoms with Gasteiger partial charge in [0.1, 0.15) is 11.6 Å². The van der Waals surface area contributed by atoms with Gasteiger partial charge in [0, 0.05) is 74.1 Å². The van der Waals surface area contributed by atoms with Crippen LogP contribution in [0.15, 0.2) is 48.9 Å². The SMILES string of the molecule is Cc1nc([C@@H]2CCCN(Cc3ccncc3)C2)nc2c1CCCN2CCc1ccccn1. The highest BCUT2D eigenvalue weighted by Gasteiger charge is 2.27. The molecule has 166 valence electrons. The standard InChI is InChI=1S/C26H32N6/c1-20-24-8-5-16-32(17-11-23-7-2-3-12-28-23)26(24)30-25(29-20)22-6-4-15-31(19-22)18-21-9-13-27-14-10-21/h2-3,7,9-10,12-14,22H,4-6,8,11,15-19H2,1H3/t22-/m1/s1. The molecule has 32 heavy (non-hydrogen) atoms. The lowest BCUT2D eigenvalue weighted by atomic mass is 9.95. The van der Waals surface area contributed by atoms with Gasteiger partial charge in [-0.3, -0.25) is 14.9 Å². The van der Waals surface area contributed by atoms with Gasteiger partial charge < -0.3 is 4.90 Å². The predicted octanol–water partition coefficient (Wildman–Crippen LogP) is 3.95. The Hall–Kier alpha value is -2.86. The summed E-state index contributed by atoms with van der Waals surface area (Å²) in [6, 6.07) is 10.4. The van der Waals surface area contributed by atoms with Crippen LogP contribution in [0.25, 0.3) is 0 Å². The van der Waals surface area contributed by atoms with Gasteiger partial charge in [0.2, 0.25) is 0 Å². The van der Waals surface area contributed by atoms with Crippen molar-refractivity contribution >= 4 is 5.82 Å². The van der Waals surface area contributed by atoms with Crippen molar-refractivity contribution in [1.82, 2.24) is 24.8 Å². The topological polar surface area (TPSA) is 58.0 Å². The molecule has 6 nitrogen and oxygen atoms in total. The second-order valence-electron chi connectivity index (χ2n) is 9.06. The van der Waals surface area contributed by atoms with Crippen molar-refractivity contribution in [2.75, 3.05) is 31.1 Å². The molecule has 2 aliphatic heterocycles. The van der Waals surface area contributed by atoms with Crippen LogP contribution in [0.1, 0.15) is 53.5 Å². The molecular formula is C26H32N6. The maximum atomic E-state index is 5.19. The van der Waals surface area contributed by atoms with Gasteiger partial charge in [0.05, 0.1) is 0 Å². The minimum absolute atomic E-state index is 0.397. The van der Waals surface area contributed by atoms with Crippen LogP contribution in [0.5, 0.6) is 0 Å². The van der Waals surface area contributed by atoms with Crippen molar-refractivity contribution in [3.63, 3.8) is 0 Å². The fraction of sp³-hybridized carbons (Fsp3) is 0.462. The fourth-order valence-electron chi connectivity index (χ4n) is 5.06. The zero-order chi connectivity index (χ0) is 21.8. The molecule has 2 aliphatic rings. The number of pyridine rings is 2. The Balaban J connectivity index is 1.33. The molecule has 1 fully saturated rings. The van der Waals surface area contributed by atoms with E-state index in [9.17, 15) is 0 Å². The van der Waals surface area contributed by atoms with E-state index in [-0.39, 0.29) is 0 Å². The van der Waals surface area contributed by atoms with E-state index in [2.05, 4.69) is 51.0 Å². The number of fused-ring (bicyclic) bond motifs is 1. The zero-order valence-corrected chi connectivity index (χ0v) is 19.0. The van der Waals surface area contributed by atoms with Crippen LogP contribution in [-0.4, -0.2) is 51.0 Å². The van der Waals surface area contributed by atoms with Crippen molar-refractivity contribution in [2.24, 2.45) is 0 Å². The monoisotopic (exact) mass is 428 g/mol. The number of aryl methyl sites for hydroxylation is 1. The number of nitrogens with zero attached hydrogens (tertiary/aromatic N) is 6. The Morgan fingerprint density at radius 2 is 1.91 bits per heavy atom. The van der Waals surface area contributed by atoms with Gasteiger partial charge in [-0.1, -0.05) is 6.07 Å². The quantitative estimate of drug-likeness (QED) is 0.593. The first-order chi connectivity index (χ1) is 15.8. The lowest BCUT2D eigenvalue weighted by Crippen LogP contribution is -2.36. The van der Waals surface area contributed by atoms with E-state index in [0.717, 1.165) is 57.1 Å². The molecule has 5 rings (SSSR count). The van der Waals surface area contributed by atoms with Gasteiger partial charge in [-0.25, -0.2) is 9.97 Å². The number of hydrogen-bond donors (Lipinski definition) is 0. The largest absolute Gasteiger partial charge is 0.356 e. The molecule has 5 heterocycles. The van der Waals surface area contributed by atoms with Crippen LogP contribution in [0.4, 0.5) is 5.82 Å². The number of aromatic nitrogens is 4. The van der Waals surface area contributed by atoms with E-state index in [4.69, 9.17) is 9.97 Å². The minimum Gasteiger partial charge on any atom is -0.356 e. The third-order valence-electron chi connectivity index (χ3n) is 6.75. The van der Waals surface area contributed by atoms with E-state index in [1.165, 1.54) is 41.9 Å². The van der Waals surface area contributed by atoms with Gasteiger partial charge in [-0.05, 0) is 69.0 Å². The first-order valence-corrected chi connectivity index (χ1v) is 11.9. The molecule has 3 aromatic heterocycles. The summed E-state index contributed by atoms with van der Waals surface area (Å²) >= 11 is 0. The smallest absolute Gasteiger partial charge is 0.135 e. The maximum absolute atomic E-state index is 5.19. The molecule has 0 saturated carbocycles. The molecular weight excluding hydrogens is 396 g/mol. The van der Waals surface area contributed by atoms with E-state index in [1.54, 1.807) is 0 Å². The molecule has 0 spiro atoms. The van der Waals surface area contributed by atoms with Crippen LogP contribution >= 0.6 is 0 Å². The maximum Gasteiger partial charge on any atom is 0.135 e. The van der Waals surface area contributed by atoms with E-state index >= 15 is 0 Å². The zero-order valence-electron chi connectivity index (χ0n) is 19.0. The van der Waals surface area contributed by atoms with Gasteiger partial charge in [0.25, 0.3) is 0 Å². The van der Waals surface area contributed by atoms with E-state index in [0.29, 0.717) is 5.92 Å². The predicted molar refractivity (Wildman–Crippen MR) is 127 cm³/mol. The Labute approximate surface area is 190 Å². The van der Waals surface area contributed by atoms with Gasteiger partial charge >= 0.3 is 0 Å². The minimum atomic E-state index is 0.397. The molecule has 1 atom stereocenters. The highest BCUT2D eigenvalue weighted by atomic mass is 15.2. The number of anilines is 1. The third-order valence-corrected chi connectivity index (χ3v) is 6.75. The van der Waals surface area contributed by atoms with Crippen molar-refractivity contribution in [3.8, 4) is 0 Å². The van der Waals surface area contributed by atoms with Crippen molar-refractivity contribution in [1.29, 1.82) is 0 Å². The average molecular weight is 429 g/mol. The second-order valence-corrected chi connectivity index (χ2v) is 9.06. The van der Waals surface area contributed by atoms with Crippen LogP contribution in [0, 0.1) is 6.92 Å². The fourth-order valence-corrected chi connectivity index (χ4v) is 5.06. The molecule has 0 unspecified atom stereocenters. The van der Waals surface area contributed by atoms with Crippen LogP contribution in [0.2, 0.25) is 0 Å². The summed E-state index contributed by atoms with van der Waals surface area (Å²) in [5, 5.41) is 0. The molecule has 0 bridgehead atoms. The molecule has 1 saturated heterocycles. The molecule has 6 heteroatoms. The molecule has 0 aliphatic carbocycles. The van der Waals surface area contributed by atoms with Crippen LogP contribution < -0.4 is 4.90 Å². The summed E-state index contributed by atoms with van der Waals surface area (Å²) in [6.07, 6.45) is 11.2. The van der Waals surface area contributed by atoms with Gasteiger partial charge in [0.15, 0.2) is 0 Å². The van der Waals surface area contributed by atoms with Crippen molar-refractivity contribution in [3.05, 3.63) is 77.3 Å². The Bertz CT molecular complexity index is 1020. The summed E-state index contributed by atoms with van der Waals surface area (Å²) in [4.78, 5) is 23.9. The number of piperidine rings is 1. The molecule has 0 aromatic carbocycles. The highest BCUT2D eigenvalue weighted by Crippen LogP contribution is 2.32. The summed E-state index contributed by atoms with van der Waals surface area (Å²) in [5.41, 5.74) is 4.97.